The quantitative estimate of drug-likeness (QED) is 0.853. The molecule has 0 aliphatic carbocycles. The summed E-state index contributed by atoms with van der Waals surface area (Å²) in [6, 6.07) is 8.20. The van der Waals surface area contributed by atoms with E-state index in [1.165, 1.54) is 7.11 Å². The van der Waals surface area contributed by atoms with Gasteiger partial charge in [0.15, 0.2) is 0 Å². The Morgan fingerprint density at radius 2 is 2.00 bits per heavy atom. The highest BCUT2D eigenvalue weighted by atomic mass is 35.5. The smallest absolute Gasteiger partial charge is 0.322 e. The van der Waals surface area contributed by atoms with Gasteiger partial charge >= 0.3 is 6.01 Å². The Bertz CT molecular complexity index is 562. The highest BCUT2D eigenvalue weighted by Gasteiger charge is 2.11. The van der Waals surface area contributed by atoms with E-state index < -0.39 is 0 Å². The van der Waals surface area contributed by atoms with Crippen molar-refractivity contribution in [2.45, 2.75) is 6.92 Å². The number of hydrogen-bond donors (Lipinski definition) is 0. The van der Waals surface area contributed by atoms with Gasteiger partial charge in [0.05, 0.1) is 7.11 Å². The first kappa shape index (κ1) is 12.6. The molecule has 0 spiro atoms. The first-order chi connectivity index (χ1) is 8.60. The number of anilines is 2. The largest absolute Gasteiger partial charge is 0.467 e. The molecule has 0 aliphatic rings. The normalized spacial score (nSPS) is 10.2. The van der Waals surface area contributed by atoms with Gasteiger partial charge in [0.25, 0.3) is 0 Å². The van der Waals surface area contributed by atoms with E-state index in [4.69, 9.17) is 16.3 Å². The molecule has 0 atom stereocenters. The van der Waals surface area contributed by atoms with Crippen molar-refractivity contribution in [3.05, 3.63) is 35.1 Å². The number of aromatic nitrogens is 3. The molecule has 0 saturated carbocycles. The fourth-order valence-electron chi connectivity index (χ4n) is 1.52. The van der Waals surface area contributed by atoms with E-state index >= 15 is 0 Å². The zero-order valence-corrected chi connectivity index (χ0v) is 11.1. The van der Waals surface area contributed by atoms with Gasteiger partial charge in [-0.05, 0) is 36.2 Å². The van der Waals surface area contributed by atoms with Crippen LogP contribution in [0.25, 0.3) is 0 Å². The van der Waals surface area contributed by atoms with Gasteiger partial charge in [-0.2, -0.15) is 15.0 Å². The predicted octanol–water partition coefficient (Wildman–Crippen LogP) is 2.61. The third-order valence-corrected chi connectivity index (χ3v) is 2.62. The number of rotatable bonds is 3. The van der Waals surface area contributed by atoms with Crippen LogP contribution in [0.3, 0.4) is 0 Å². The maximum atomic E-state index is 5.82. The minimum atomic E-state index is 0.108. The fraction of sp³-hybridized carbons (Fsp3) is 0.250. The van der Waals surface area contributed by atoms with E-state index in [1.807, 2.05) is 43.1 Å². The zero-order valence-electron chi connectivity index (χ0n) is 10.4. The van der Waals surface area contributed by atoms with Gasteiger partial charge in [-0.3, -0.25) is 0 Å². The van der Waals surface area contributed by atoms with Crippen LogP contribution in [0, 0.1) is 6.92 Å². The lowest BCUT2D eigenvalue weighted by atomic mass is 10.2. The Balaban J connectivity index is 2.39. The molecular formula is C12H13ClN4O. The highest BCUT2D eigenvalue weighted by molar-refractivity contribution is 6.28. The lowest BCUT2D eigenvalue weighted by Gasteiger charge is -2.17. The number of nitrogens with zero attached hydrogens (tertiary/aromatic N) is 4. The zero-order chi connectivity index (χ0) is 13.1. The summed E-state index contributed by atoms with van der Waals surface area (Å²) in [5.74, 6) is 0.442. The Hall–Kier alpha value is -1.88. The fourth-order valence-corrected chi connectivity index (χ4v) is 1.66. The van der Waals surface area contributed by atoms with Crippen molar-refractivity contribution in [2.75, 3.05) is 19.1 Å². The molecule has 0 fully saturated rings. The van der Waals surface area contributed by atoms with E-state index in [-0.39, 0.29) is 11.3 Å². The van der Waals surface area contributed by atoms with Crippen molar-refractivity contribution >= 4 is 23.2 Å². The van der Waals surface area contributed by atoms with Crippen LogP contribution >= 0.6 is 11.6 Å². The summed E-state index contributed by atoms with van der Waals surface area (Å²) in [5.41, 5.74) is 2.13. The lowest BCUT2D eigenvalue weighted by Crippen LogP contribution is -2.14. The monoisotopic (exact) mass is 264 g/mol. The van der Waals surface area contributed by atoms with Crippen molar-refractivity contribution < 1.29 is 4.74 Å². The van der Waals surface area contributed by atoms with Crippen LogP contribution in [0.15, 0.2) is 24.3 Å². The first-order valence-electron chi connectivity index (χ1n) is 5.36. The van der Waals surface area contributed by atoms with Crippen LogP contribution in [0.1, 0.15) is 5.56 Å². The standard InChI is InChI=1S/C12H13ClN4O/c1-8-5-4-6-9(7-8)17(2)11-14-10(13)15-12(16-11)18-3/h4-7H,1-3H3. The predicted molar refractivity (Wildman–Crippen MR) is 70.6 cm³/mol. The third-order valence-electron chi connectivity index (χ3n) is 2.45. The molecule has 5 nitrogen and oxygen atoms in total. The molecule has 0 saturated heterocycles. The Morgan fingerprint density at radius 3 is 2.67 bits per heavy atom. The SMILES string of the molecule is COc1nc(Cl)nc(N(C)c2cccc(C)c2)n1. The lowest BCUT2D eigenvalue weighted by molar-refractivity contribution is 0.378. The number of aryl methyl sites for hydroxylation is 1. The topological polar surface area (TPSA) is 51.1 Å². The molecule has 2 aromatic rings. The average molecular weight is 265 g/mol. The summed E-state index contributed by atoms with van der Waals surface area (Å²) in [6.45, 7) is 2.03. The van der Waals surface area contributed by atoms with Gasteiger partial charge in [-0.25, -0.2) is 0 Å². The van der Waals surface area contributed by atoms with Gasteiger partial charge in [-0.15, -0.1) is 0 Å². The third kappa shape index (κ3) is 2.68. The molecule has 94 valence electrons. The second-order valence-corrected chi connectivity index (χ2v) is 4.13. The van der Waals surface area contributed by atoms with E-state index in [2.05, 4.69) is 15.0 Å². The van der Waals surface area contributed by atoms with Crippen LogP contribution in [0.2, 0.25) is 5.28 Å². The molecule has 0 radical (unpaired) electrons. The molecule has 1 heterocycles. The molecular weight excluding hydrogens is 252 g/mol. The maximum Gasteiger partial charge on any atom is 0.322 e. The molecule has 18 heavy (non-hydrogen) atoms. The minimum Gasteiger partial charge on any atom is -0.467 e. The Labute approximate surface area is 110 Å². The second kappa shape index (κ2) is 5.18. The molecule has 1 aromatic heterocycles. The van der Waals surface area contributed by atoms with Crippen LogP contribution in [0.4, 0.5) is 11.6 Å². The number of halogens is 1. The van der Waals surface area contributed by atoms with Gasteiger partial charge in [0, 0.05) is 12.7 Å². The summed E-state index contributed by atoms with van der Waals surface area (Å²) in [5, 5.41) is 0.108. The molecule has 0 amide bonds. The van der Waals surface area contributed by atoms with Gasteiger partial charge < -0.3 is 9.64 Å². The summed E-state index contributed by atoms with van der Waals surface area (Å²) in [7, 11) is 3.35. The molecule has 2 rings (SSSR count). The van der Waals surface area contributed by atoms with E-state index in [0.29, 0.717) is 5.95 Å². The molecule has 0 bridgehead atoms. The van der Waals surface area contributed by atoms with Crippen molar-refractivity contribution in [3.63, 3.8) is 0 Å². The van der Waals surface area contributed by atoms with E-state index in [0.717, 1.165) is 11.3 Å². The average Bonchev–Trinajstić information content (AvgIpc) is 2.37. The number of methoxy groups -OCH3 is 1. The maximum absolute atomic E-state index is 5.82. The molecule has 6 heteroatoms. The van der Waals surface area contributed by atoms with Gasteiger partial charge in [0.1, 0.15) is 0 Å². The molecule has 0 N–H and O–H groups in total. The number of benzene rings is 1. The summed E-state index contributed by atoms with van der Waals surface area (Å²) in [6.07, 6.45) is 0. The van der Waals surface area contributed by atoms with Crippen molar-refractivity contribution in [2.24, 2.45) is 0 Å². The minimum absolute atomic E-state index is 0.108. The molecule has 0 unspecified atom stereocenters. The van der Waals surface area contributed by atoms with E-state index in [1.54, 1.807) is 0 Å². The summed E-state index contributed by atoms with van der Waals surface area (Å²) < 4.78 is 4.97. The van der Waals surface area contributed by atoms with Crippen LogP contribution in [-0.2, 0) is 0 Å². The van der Waals surface area contributed by atoms with Gasteiger partial charge in [-0.1, -0.05) is 12.1 Å². The first-order valence-corrected chi connectivity index (χ1v) is 5.74. The second-order valence-electron chi connectivity index (χ2n) is 3.79. The van der Waals surface area contributed by atoms with Crippen molar-refractivity contribution in [1.29, 1.82) is 0 Å². The number of ether oxygens (including phenoxy) is 1. The van der Waals surface area contributed by atoms with E-state index in [9.17, 15) is 0 Å². The van der Waals surface area contributed by atoms with Crippen LogP contribution < -0.4 is 9.64 Å². The van der Waals surface area contributed by atoms with Crippen molar-refractivity contribution in [3.8, 4) is 6.01 Å². The molecule has 1 aromatic carbocycles. The van der Waals surface area contributed by atoms with Gasteiger partial charge in [0.2, 0.25) is 11.2 Å². The van der Waals surface area contributed by atoms with Crippen LogP contribution in [-0.4, -0.2) is 29.1 Å². The highest BCUT2D eigenvalue weighted by Crippen LogP contribution is 2.22. The summed E-state index contributed by atoms with van der Waals surface area (Å²) in [4.78, 5) is 13.9. The van der Waals surface area contributed by atoms with Crippen molar-refractivity contribution in [1.82, 2.24) is 15.0 Å². The van der Waals surface area contributed by atoms with Crippen LogP contribution in [0.5, 0.6) is 6.01 Å². The Morgan fingerprint density at radius 1 is 1.22 bits per heavy atom. The number of hydrogen-bond acceptors (Lipinski definition) is 5. The molecule has 0 aliphatic heterocycles. The summed E-state index contributed by atoms with van der Waals surface area (Å²) >= 11 is 5.82. The Kier molecular flexibility index (Phi) is 3.62.